The third kappa shape index (κ3) is 4.32. The molecule has 27 heavy (non-hydrogen) atoms. The zero-order valence-electron chi connectivity index (χ0n) is 14.7. The predicted octanol–water partition coefficient (Wildman–Crippen LogP) is 4.66. The highest BCUT2D eigenvalue weighted by molar-refractivity contribution is 7.17. The zero-order valence-corrected chi connectivity index (χ0v) is 16.2. The van der Waals surface area contributed by atoms with Gasteiger partial charge in [0.1, 0.15) is 15.7 Å². The molecule has 0 saturated heterocycles. The first-order chi connectivity index (χ1) is 13.0. The van der Waals surface area contributed by atoms with E-state index < -0.39 is 5.97 Å². The Kier molecular flexibility index (Phi) is 5.83. The van der Waals surface area contributed by atoms with E-state index in [4.69, 9.17) is 16.3 Å². The number of carbonyl (C=O) groups is 2. The molecule has 0 aliphatic carbocycles. The van der Waals surface area contributed by atoms with Crippen molar-refractivity contribution in [3.63, 3.8) is 0 Å². The van der Waals surface area contributed by atoms with Crippen LogP contribution in [0.15, 0.2) is 42.6 Å². The maximum atomic E-state index is 12.4. The van der Waals surface area contributed by atoms with Gasteiger partial charge in [0, 0.05) is 24.2 Å². The molecule has 1 aromatic carbocycles. The fraction of sp³-hybridized carbons (Fsp3) is 0.158. The molecule has 1 amide bonds. The summed E-state index contributed by atoms with van der Waals surface area (Å²) in [6.07, 6.45) is 1.57. The Balaban J connectivity index is 2.10. The summed E-state index contributed by atoms with van der Waals surface area (Å²) in [6, 6.07) is 10.6. The number of hydrogen-bond acceptors (Lipinski definition) is 6. The summed E-state index contributed by atoms with van der Waals surface area (Å²) in [5.74, 6) is -0.262. The van der Waals surface area contributed by atoms with Crippen molar-refractivity contribution in [2.24, 2.45) is 0 Å². The van der Waals surface area contributed by atoms with Crippen molar-refractivity contribution < 1.29 is 14.3 Å². The molecule has 0 aliphatic rings. The molecule has 0 saturated carbocycles. The number of thiazole rings is 1. The van der Waals surface area contributed by atoms with Crippen LogP contribution in [0.1, 0.15) is 23.5 Å². The Morgan fingerprint density at radius 1 is 1.26 bits per heavy atom. The van der Waals surface area contributed by atoms with Gasteiger partial charge in [-0.3, -0.25) is 4.79 Å². The van der Waals surface area contributed by atoms with Gasteiger partial charge in [0.25, 0.3) is 0 Å². The number of ether oxygens (including phenoxy) is 1. The van der Waals surface area contributed by atoms with Gasteiger partial charge in [-0.25, -0.2) is 14.8 Å². The molecule has 3 rings (SSSR count). The summed E-state index contributed by atoms with van der Waals surface area (Å²) >= 11 is 7.51. The summed E-state index contributed by atoms with van der Waals surface area (Å²) < 4.78 is 5.17. The molecule has 0 aliphatic heterocycles. The summed E-state index contributed by atoms with van der Waals surface area (Å²) in [4.78, 5) is 32.8. The fourth-order valence-corrected chi connectivity index (χ4v) is 3.62. The molecule has 0 radical (unpaired) electrons. The predicted molar refractivity (Wildman–Crippen MR) is 106 cm³/mol. The number of pyridine rings is 1. The van der Waals surface area contributed by atoms with Crippen LogP contribution in [-0.4, -0.2) is 28.5 Å². The molecule has 3 aromatic rings. The topological polar surface area (TPSA) is 81.2 Å². The van der Waals surface area contributed by atoms with Crippen LogP contribution in [0.2, 0.25) is 5.02 Å². The number of amides is 1. The van der Waals surface area contributed by atoms with Crippen LogP contribution >= 0.6 is 22.9 Å². The minimum Gasteiger partial charge on any atom is -0.462 e. The minimum atomic E-state index is -0.452. The van der Waals surface area contributed by atoms with Crippen molar-refractivity contribution in [2.45, 2.75) is 13.8 Å². The third-order valence-electron chi connectivity index (χ3n) is 3.53. The standard InChI is InChI=1S/C19H16ClN3O3S/c1-3-26-19(25)17-16(13-6-4-5-7-14(13)20)23-18(27-17)12-8-9-21-15(10-12)22-11(2)24/h4-10H,3H2,1-2H3,(H,21,22,24). The van der Waals surface area contributed by atoms with Gasteiger partial charge >= 0.3 is 5.97 Å². The van der Waals surface area contributed by atoms with Crippen LogP contribution < -0.4 is 5.32 Å². The monoisotopic (exact) mass is 401 g/mol. The Bertz CT molecular complexity index is 1000. The lowest BCUT2D eigenvalue weighted by Crippen LogP contribution is -2.07. The maximum absolute atomic E-state index is 12.4. The molecule has 0 spiro atoms. The van der Waals surface area contributed by atoms with E-state index in [0.29, 0.717) is 32.0 Å². The van der Waals surface area contributed by atoms with Crippen molar-refractivity contribution >= 4 is 40.6 Å². The number of anilines is 1. The Morgan fingerprint density at radius 2 is 2.04 bits per heavy atom. The average molecular weight is 402 g/mol. The molecule has 0 atom stereocenters. The number of nitrogens with zero attached hydrogens (tertiary/aromatic N) is 2. The second-order valence-electron chi connectivity index (χ2n) is 5.51. The maximum Gasteiger partial charge on any atom is 0.350 e. The molecule has 1 N–H and O–H groups in total. The Hall–Kier alpha value is -2.77. The van der Waals surface area contributed by atoms with E-state index >= 15 is 0 Å². The minimum absolute atomic E-state index is 0.220. The number of halogens is 1. The van der Waals surface area contributed by atoms with E-state index in [1.54, 1.807) is 37.4 Å². The van der Waals surface area contributed by atoms with E-state index in [9.17, 15) is 9.59 Å². The van der Waals surface area contributed by atoms with Crippen molar-refractivity contribution in [2.75, 3.05) is 11.9 Å². The molecule has 2 heterocycles. The quantitative estimate of drug-likeness (QED) is 0.629. The number of esters is 1. The molecular formula is C19H16ClN3O3S. The second-order valence-corrected chi connectivity index (χ2v) is 6.91. The van der Waals surface area contributed by atoms with E-state index in [1.165, 1.54) is 18.3 Å². The molecule has 0 fully saturated rings. The highest BCUT2D eigenvalue weighted by atomic mass is 35.5. The lowest BCUT2D eigenvalue weighted by atomic mass is 10.1. The third-order valence-corrected chi connectivity index (χ3v) is 4.94. The largest absolute Gasteiger partial charge is 0.462 e. The lowest BCUT2D eigenvalue weighted by Gasteiger charge is -2.04. The van der Waals surface area contributed by atoms with Crippen molar-refractivity contribution in [1.82, 2.24) is 9.97 Å². The normalized spacial score (nSPS) is 10.5. The van der Waals surface area contributed by atoms with Crippen molar-refractivity contribution in [3.8, 4) is 21.8 Å². The second kappa shape index (κ2) is 8.28. The van der Waals surface area contributed by atoms with Crippen LogP contribution in [0.25, 0.3) is 21.8 Å². The molecule has 2 aromatic heterocycles. The highest BCUT2D eigenvalue weighted by Crippen LogP contribution is 2.37. The van der Waals surface area contributed by atoms with Gasteiger partial charge in [0.15, 0.2) is 0 Å². The molecule has 6 nitrogen and oxygen atoms in total. The number of hydrogen-bond donors (Lipinski definition) is 1. The zero-order chi connectivity index (χ0) is 19.4. The van der Waals surface area contributed by atoms with E-state index in [0.717, 1.165) is 5.56 Å². The van der Waals surface area contributed by atoms with Crippen molar-refractivity contribution in [1.29, 1.82) is 0 Å². The van der Waals surface area contributed by atoms with Gasteiger partial charge in [0.05, 0.1) is 17.3 Å². The van der Waals surface area contributed by atoms with Crippen molar-refractivity contribution in [3.05, 3.63) is 52.5 Å². The van der Waals surface area contributed by atoms with Crippen LogP contribution in [0.5, 0.6) is 0 Å². The number of nitrogens with one attached hydrogen (secondary N) is 1. The van der Waals surface area contributed by atoms with Gasteiger partial charge in [-0.15, -0.1) is 11.3 Å². The lowest BCUT2D eigenvalue weighted by molar-refractivity contribution is -0.114. The van der Waals surface area contributed by atoms with E-state index in [2.05, 4.69) is 15.3 Å². The van der Waals surface area contributed by atoms with Gasteiger partial charge in [0.2, 0.25) is 5.91 Å². The first-order valence-corrected chi connectivity index (χ1v) is 9.36. The number of rotatable bonds is 5. The summed E-state index contributed by atoms with van der Waals surface area (Å²) in [5, 5.41) is 3.73. The van der Waals surface area contributed by atoms with Crippen LogP contribution in [0.3, 0.4) is 0 Å². The number of aromatic nitrogens is 2. The van der Waals surface area contributed by atoms with Gasteiger partial charge in [-0.05, 0) is 25.1 Å². The molecule has 0 unspecified atom stereocenters. The van der Waals surface area contributed by atoms with E-state index in [1.807, 2.05) is 12.1 Å². The first-order valence-electron chi connectivity index (χ1n) is 8.16. The molecule has 8 heteroatoms. The molecule has 0 bridgehead atoms. The van der Waals surface area contributed by atoms with E-state index in [-0.39, 0.29) is 12.5 Å². The van der Waals surface area contributed by atoms with Gasteiger partial charge < -0.3 is 10.1 Å². The highest BCUT2D eigenvalue weighted by Gasteiger charge is 2.22. The Labute approximate surface area is 165 Å². The first kappa shape index (κ1) is 19.0. The summed E-state index contributed by atoms with van der Waals surface area (Å²) in [7, 11) is 0. The molecule has 138 valence electrons. The van der Waals surface area contributed by atoms with Crippen LogP contribution in [0.4, 0.5) is 5.82 Å². The summed E-state index contributed by atoms with van der Waals surface area (Å²) in [6.45, 7) is 3.42. The number of carbonyl (C=O) groups excluding carboxylic acids is 2. The number of benzene rings is 1. The summed E-state index contributed by atoms with van der Waals surface area (Å²) in [5.41, 5.74) is 1.85. The average Bonchev–Trinajstić information content (AvgIpc) is 3.07. The van der Waals surface area contributed by atoms with Gasteiger partial charge in [-0.1, -0.05) is 29.8 Å². The van der Waals surface area contributed by atoms with Crippen LogP contribution in [0, 0.1) is 0 Å². The van der Waals surface area contributed by atoms with Crippen LogP contribution in [-0.2, 0) is 9.53 Å². The smallest absolute Gasteiger partial charge is 0.350 e. The Morgan fingerprint density at radius 3 is 2.74 bits per heavy atom. The molecular weight excluding hydrogens is 386 g/mol. The fourth-order valence-electron chi connectivity index (χ4n) is 2.43. The van der Waals surface area contributed by atoms with Gasteiger partial charge in [-0.2, -0.15) is 0 Å². The SMILES string of the molecule is CCOC(=O)c1sc(-c2ccnc(NC(C)=O)c2)nc1-c1ccccc1Cl.